The summed E-state index contributed by atoms with van der Waals surface area (Å²) in [6, 6.07) is 22.5. The highest BCUT2D eigenvalue weighted by atomic mass is 16.7. The summed E-state index contributed by atoms with van der Waals surface area (Å²) in [5.41, 5.74) is 0.682. The van der Waals surface area contributed by atoms with Crippen molar-refractivity contribution in [1.29, 1.82) is 0 Å². The Balaban J connectivity index is 1.87. The summed E-state index contributed by atoms with van der Waals surface area (Å²) in [7, 11) is 3.09. The van der Waals surface area contributed by atoms with Crippen molar-refractivity contribution >= 4 is 11.9 Å². The van der Waals surface area contributed by atoms with Crippen molar-refractivity contribution < 1.29 is 28.5 Å². The molecule has 0 aliphatic heterocycles. The highest BCUT2D eigenvalue weighted by Gasteiger charge is 2.38. The van der Waals surface area contributed by atoms with Crippen LogP contribution in [0.25, 0.3) is 0 Å². The van der Waals surface area contributed by atoms with E-state index in [1.54, 1.807) is 62.8 Å². The number of carbonyl (C=O) groups excluding carboxylic acids is 2. The van der Waals surface area contributed by atoms with E-state index in [1.807, 2.05) is 44.2 Å². The Bertz CT molecular complexity index is 978. The van der Waals surface area contributed by atoms with Gasteiger partial charge in [0.1, 0.15) is 11.5 Å². The van der Waals surface area contributed by atoms with E-state index >= 15 is 0 Å². The standard InChI is InChI=1S/C26H26O6/c1-26(2,20-8-6-5-7-9-20)25(31-23(27)18-10-14-21(29-3)15-11-18)32-24(28)19-12-16-22(30-4)17-13-19/h5-17,25H,1-4H3. The second-order valence-electron chi connectivity index (χ2n) is 7.69. The van der Waals surface area contributed by atoms with Crippen molar-refractivity contribution in [3.8, 4) is 11.5 Å². The SMILES string of the molecule is COc1ccc(C(=O)OC(OC(=O)c2ccc(OC)cc2)C(C)(C)c2ccccc2)cc1. The van der Waals surface area contributed by atoms with Crippen LogP contribution in [0, 0.1) is 0 Å². The smallest absolute Gasteiger partial charge is 0.341 e. The van der Waals surface area contributed by atoms with Gasteiger partial charge in [-0.2, -0.15) is 0 Å². The van der Waals surface area contributed by atoms with Gasteiger partial charge in [-0.15, -0.1) is 0 Å². The van der Waals surface area contributed by atoms with Crippen LogP contribution < -0.4 is 9.47 Å². The summed E-state index contributed by atoms with van der Waals surface area (Å²) in [6.45, 7) is 3.71. The fourth-order valence-corrected chi connectivity index (χ4v) is 3.11. The van der Waals surface area contributed by atoms with Crippen LogP contribution in [0.5, 0.6) is 11.5 Å². The van der Waals surface area contributed by atoms with Crippen LogP contribution in [0.3, 0.4) is 0 Å². The van der Waals surface area contributed by atoms with Crippen LogP contribution >= 0.6 is 0 Å². The summed E-state index contributed by atoms with van der Waals surface area (Å²) in [5.74, 6) is 0.0238. The van der Waals surface area contributed by atoms with Crippen LogP contribution in [0.4, 0.5) is 0 Å². The predicted octanol–water partition coefficient (Wildman–Crippen LogP) is 5.02. The molecule has 6 heteroatoms. The number of rotatable bonds is 8. The molecular weight excluding hydrogens is 408 g/mol. The Morgan fingerprint density at radius 2 is 1.06 bits per heavy atom. The third-order valence-electron chi connectivity index (χ3n) is 5.19. The van der Waals surface area contributed by atoms with Crippen molar-refractivity contribution in [2.75, 3.05) is 14.2 Å². The fourth-order valence-electron chi connectivity index (χ4n) is 3.11. The molecule has 6 nitrogen and oxygen atoms in total. The van der Waals surface area contributed by atoms with E-state index in [0.29, 0.717) is 22.6 Å². The lowest BCUT2D eigenvalue weighted by Gasteiger charge is -2.33. The first kappa shape index (κ1) is 22.9. The van der Waals surface area contributed by atoms with Gasteiger partial charge in [0.25, 0.3) is 6.29 Å². The molecule has 0 unspecified atom stereocenters. The number of methoxy groups -OCH3 is 2. The summed E-state index contributed by atoms with van der Waals surface area (Å²) in [6.07, 6.45) is -1.17. The Morgan fingerprint density at radius 1 is 0.656 bits per heavy atom. The molecule has 3 aromatic rings. The Morgan fingerprint density at radius 3 is 1.44 bits per heavy atom. The zero-order valence-electron chi connectivity index (χ0n) is 18.5. The minimum Gasteiger partial charge on any atom is -0.497 e. The Labute approximate surface area is 187 Å². The monoisotopic (exact) mass is 434 g/mol. The quantitative estimate of drug-likeness (QED) is 0.366. The van der Waals surface area contributed by atoms with Crippen LogP contribution in [0.2, 0.25) is 0 Å². The topological polar surface area (TPSA) is 71.1 Å². The molecule has 32 heavy (non-hydrogen) atoms. The maximum atomic E-state index is 12.9. The van der Waals surface area contributed by atoms with Gasteiger partial charge in [0.15, 0.2) is 0 Å². The highest BCUT2D eigenvalue weighted by Crippen LogP contribution is 2.31. The summed E-state index contributed by atoms with van der Waals surface area (Å²) >= 11 is 0. The zero-order chi connectivity index (χ0) is 23.1. The van der Waals surface area contributed by atoms with Crippen molar-refractivity contribution in [1.82, 2.24) is 0 Å². The first-order chi connectivity index (χ1) is 15.3. The molecule has 0 aliphatic carbocycles. The van der Waals surface area contributed by atoms with E-state index in [-0.39, 0.29) is 0 Å². The lowest BCUT2D eigenvalue weighted by atomic mass is 9.84. The summed E-state index contributed by atoms with van der Waals surface area (Å²) < 4.78 is 21.7. The maximum Gasteiger partial charge on any atom is 0.341 e. The number of benzene rings is 3. The number of esters is 2. The van der Waals surface area contributed by atoms with E-state index in [1.165, 1.54) is 0 Å². The highest BCUT2D eigenvalue weighted by molar-refractivity contribution is 5.91. The minimum atomic E-state index is -1.17. The molecule has 0 radical (unpaired) electrons. The van der Waals surface area contributed by atoms with E-state index in [0.717, 1.165) is 5.56 Å². The molecule has 0 fully saturated rings. The molecule has 0 saturated heterocycles. The average Bonchev–Trinajstić information content (AvgIpc) is 2.84. The Kier molecular flexibility index (Phi) is 7.15. The van der Waals surface area contributed by atoms with Crippen molar-refractivity contribution in [2.45, 2.75) is 25.6 Å². The predicted molar refractivity (Wildman–Crippen MR) is 120 cm³/mol. The molecule has 0 aromatic heterocycles. The number of hydrogen-bond donors (Lipinski definition) is 0. The van der Waals surface area contributed by atoms with Crippen LogP contribution in [-0.4, -0.2) is 32.4 Å². The molecule has 0 heterocycles. The van der Waals surface area contributed by atoms with E-state index < -0.39 is 23.6 Å². The van der Waals surface area contributed by atoms with Crippen LogP contribution in [0.1, 0.15) is 40.1 Å². The normalized spacial score (nSPS) is 11.0. The van der Waals surface area contributed by atoms with Crippen molar-refractivity contribution in [3.63, 3.8) is 0 Å². The van der Waals surface area contributed by atoms with Gasteiger partial charge >= 0.3 is 11.9 Å². The van der Waals surface area contributed by atoms with Gasteiger partial charge < -0.3 is 18.9 Å². The molecule has 3 rings (SSSR count). The van der Waals surface area contributed by atoms with E-state index in [9.17, 15) is 9.59 Å². The number of carbonyl (C=O) groups is 2. The molecule has 0 N–H and O–H groups in total. The van der Waals surface area contributed by atoms with E-state index in [2.05, 4.69) is 0 Å². The lowest BCUT2D eigenvalue weighted by Crippen LogP contribution is -2.41. The lowest BCUT2D eigenvalue weighted by molar-refractivity contribution is -0.113. The van der Waals surface area contributed by atoms with Gasteiger partial charge in [-0.05, 0) is 67.9 Å². The maximum absolute atomic E-state index is 12.9. The molecule has 3 aromatic carbocycles. The first-order valence-corrected chi connectivity index (χ1v) is 10.1. The minimum absolute atomic E-state index is 0.320. The van der Waals surface area contributed by atoms with Gasteiger partial charge in [0.05, 0.1) is 30.8 Å². The molecule has 166 valence electrons. The molecule has 0 atom stereocenters. The second kappa shape index (κ2) is 10.0. The largest absolute Gasteiger partial charge is 0.497 e. The third-order valence-corrected chi connectivity index (χ3v) is 5.19. The first-order valence-electron chi connectivity index (χ1n) is 10.1. The fraction of sp³-hybridized carbons (Fsp3) is 0.231. The third kappa shape index (κ3) is 5.27. The second-order valence-corrected chi connectivity index (χ2v) is 7.69. The van der Waals surface area contributed by atoms with Gasteiger partial charge in [-0.3, -0.25) is 0 Å². The van der Waals surface area contributed by atoms with Gasteiger partial charge in [-0.25, -0.2) is 9.59 Å². The van der Waals surface area contributed by atoms with Crippen LogP contribution in [-0.2, 0) is 14.9 Å². The van der Waals surface area contributed by atoms with E-state index in [4.69, 9.17) is 18.9 Å². The van der Waals surface area contributed by atoms with Crippen molar-refractivity contribution in [2.24, 2.45) is 0 Å². The molecule has 0 saturated carbocycles. The molecule has 0 aliphatic rings. The average molecular weight is 434 g/mol. The number of hydrogen-bond acceptors (Lipinski definition) is 6. The molecule has 0 spiro atoms. The zero-order valence-corrected chi connectivity index (χ0v) is 18.5. The summed E-state index contributed by atoms with van der Waals surface area (Å²) in [5, 5.41) is 0. The molecule has 0 amide bonds. The molecular formula is C26H26O6. The van der Waals surface area contributed by atoms with Gasteiger partial charge in [0.2, 0.25) is 0 Å². The van der Waals surface area contributed by atoms with Crippen molar-refractivity contribution in [3.05, 3.63) is 95.6 Å². The van der Waals surface area contributed by atoms with Crippen LogP contribution in [0.15, 0.2) is 78.9 Å². The Hall–Kier alpha value is -3.80. The number of ether oxygens (including phenoxy) is 4. The molecule has 0 bridgehead atoms. The van der Waals surface area contributed by atoms with Gasteiger partial charge in [-0.1, -0.05) is 30.3 Å². The summed E-state index contributed by atoms with van der Waals surface area (Å²) in [4.78, 5) is 25.7. The van der Waals surface area contributed by atoms with Gasteiger partial charge in [0, 0.05) is 0 Å².